The van der Waals surface area contributed by atoms with E-state index in [1.54, 1.807) is 0 Å². The number of hydrogen-bond acceptors (Lipinski definition) is 2. The maximum absolute atomic E-state index is 9.13. The largest absolute Gasteiger partial charge is 0.340 e. The van der Waals surface area contributed by atoms with Crippen molar-refractivity contribution in [3.63, 3.8) is 0 Å². The van der Waals surface area contributed by atoms with Crippen molar-refractivity contribution in [1.29, 1.82) is 5.26 Å². The van der Waals surface area contributed by atoms with Crippen molar-refractivity contribution in [1.82, 2.24) is 9.47 Å². The summed E-state index contributed by atoms with van der Waals surface area (Å²) in [4.78, 5) is 2.21. The van der Waals surface area contributed by atoms with Crippen LogP contribution in [0.25, 0.3) is 22.2 Å². The minimum atomic E-state index is 0.711. The molecule has 3 aromatic rings. The summed E-state index contributed by atoms with van der Waals surface area (Å²) in [6.45, 7) is 2.03. The normalized spacial score (nSPS) is 11.0. The van der Waals surface area contributed by atoms with Crippen LogP contribution >= 0.6 is 0 Å². The van der Waals surface area contributed by atoms with E-state index in [0.29, 0.717) is 5.56 Å². The van der Waals surface area contributed by atoms with Gasteiger partial charge in [0.25, 0.3) is 0 Å². The summed E-state index contributed by atoms with van der Waals surface area (Å²) in [5.74, 6) is 0. The lowest BCUT2D eigenvalue weighted by Crippen LogP contribution is -2.15. The molecule has 0 aliphatic carbocycles. The average molecular weight is 303 g/mol. The van der Waals surface area contributed by atoms with E-state index in [4.69, 9.17) is 5.26 Å². The number of aromatic nitrogens is 1. The molecule has 3 nitrogen and oxygen atoms in total. The molecular formula is C20H21N3. The van der Waals surface area contributed by atoms with Crippen molar-refractivity contribution < 1.29 is 0 Å². The molecule has 0 fully saturated rings. The summed E-state index contributed by atoms with van der Waals surface area (Å²) in [5, 5.41) is 10.3. The number of benzene rings is 2. The molecule has 0 bridgehead atoms. The molecule has 0 saturated carbocycles. The second kappa shape index (κ2) is 6.68. The molecule has 0 atom stereocenters. The number of rotatable bonds is 5. The van der Waals surface area contributed by atoms with Crippen LogP contribution in [0.3, 0.4) is 0 Å². The molecule has 0 radical (unpaired) electrons. The van der Waals surface area contributed by atoms with Gasteiger partial charge in [-0.1, -0.05) is 30.3 Å². The van der Waals surface area contributed by atoms with Crippen LogP contribution in [0.2, 0.25) is 0 Å². The second-order valence-electron chi connectivity index (χ2n) is 6.09. The standard InChI is InChI=1S/C20H21N3/c1-22(2)11-6-12-23-19-10-9-16(15-21)13-18(19)14-20(23)17-7-4-3-5-8-17/h3-5,7-10,13-14H,6,11-12H2,1-2H3. The molecule has 0 saturated heterocycles. The Bertz CT molecular complexity index is 838. The maximum Gasteiger partial charge on any atom is 0.0991 e. The summed E-state index contributed by atoms with van der Waals surface area (Å²) >= 11 is 0. The third-order valence-corrected chi connectivity index (χ3v) is 4.09. The molecule has 0 N–H and O–H groups in total. The van der Waals surface area contributed by atoms with Crippen molar-refractivity contribution in [3.8, 4) is 17.3 Å². The highest BCUT2D eigenvalue weighted by Crippen LogP contribution is 2.29. The van der Waals surface area contributed by atoms with Gasteiger partial charge >= 0.3 is 0 Å². The molecule has 0 unspecified atom stereocenters. The monoisotopic (exact) mass is 303 g/mol. The van der Waals surface area contributed by atoms with Crippen molar-refractivity contribution >= 4 is 10.9 Å². The molecule has 0 aliphatic rings. The Morgan fingerprint density at radius 1 is 1.04 bits per heavy atom. The Kier molecular flexibility index (Phi) is 4.45. The van der Waals surface area contributed by atoms with E-state index in [0.717, 1.165) is 24.9 Å². The molecule has 0 spiro atoms. The molecular weight excluding hydrogens is 282 g/mol. The first kappa shape index (κ1) is 15.3. The Balaban J connectivity index is 2.07. The molecule has 2 aromatic carbocycles. The first-order valence-corrected chi connectivity index (χ1v) is 7.92. The Hall–Kier alpha value is -2.57. The van der Waals surface area contributed by atoms with Crippen molar-refractivity contribution in [3.05, 3.63) is 60.2 Å². The van der Waals surface area contributed by atoms with Crippen molar-refractivity contribution in [2.45, 2.75) is 13.0 Å². The van der Waals surface area contributed by atoms with Crippen molar-refractivity contribution in [2.75, 3.05) is 20.6 Å². The van der Waals surface area contributed by atoms with Gasteiger partial charge in [-0.05, 0) is 56.9 Å². The number of nitrogens with zero attached hydrogens (tertiary/aromatic N) is 3. The van der Waals surface area contributed by atoms with Gasteiger partial charge in [0.05, 0.1) is 11.6 Å². The van der Waals surface area contributed by atoms with E-state index < -0.39 is 0 Å². The highest BCUT2D eigenvalue weighted by molar-refractivity contribution is 5.88. The Labute approximate surface area is 137 Å². The third-order valence-electron chi connectivity index (χ3n) is 4.09. The maximum atomic E-state index is 9.13. The number of hydrogen-bond donors (Lipinski definition) is 0. The molecule has 1 heterocycles. The predicted molar refractivity (Wildman–Crippen MR) is 95.3 cm³/mol. The lowest BCUT2D eigenvalue weighted by Gasteiger charge is -2.13. The fourth-order valence-electron chi connectivity index (χ4n) is 2.97. The summed E-state index contributed by atoms with van der Waals surface area (Å²) in [5.41, 5.74) is 4.34. The van der Waals surface area contributed by atoms with Gasteiger partial charge in [0.2, 0.25) is 0 Å². The summed E-state index contributed by atoms with van der Waals surface area (Å²) < 4.78 is 2.37. The SMILES string of the molecule is CN(C)CCCn1c(-c2ccccc2)cc2cc(C#N)ccc21. The van der Waals surface area contributed by atoms with E-state index in [2.05, 4.69) is 66.0 Å². The molecule has 0 amide bonds. The van der Waals surface area contributed by atoms with E-state index in [1.807, 2.05) is 18.2 Å². The van der Waals surface area contributed by atoms with Crippen LogP contribution in [-0.4, -0.2) is 30.1 Å². The van der Waals surface area contributed by atoms with Crippen LogP contribution in [0.1, 0.15) is 12.0 Å². The molecule has 3 rings (SSSR count). The van der Waals surface area contributed by atoms with Crippen LogP contribution in [0.4, 0.5) is 0 Å². The number of fused-ring (bicyclic) bond motifs is 1. The molecule has 116 valence electrons. The average Bonchev–Trinajstić information content (AvgIpc) is 2.93. The van der Waals surface area contributed by atoms with E-state index in [1.165, 1.54) is 16.8 Å². The van der Waals surface area contributed by atoms with Crippen LogP contribution in [0, 0.1) is 11.3 Å². The zero-order valence-electron chi connectivity index (χ0n) is 13.7. The van der Waals surface area contributed by atoms with Crippen molar-refractivity contribution in [2.24, 2.45) is 0 Å². The minimum Gasteiger partial charge on any atom is -0.340 e. The van der Waals surface area contributed by atoms with Gasteiger partial charge in [-0.25, -0.2) is 0 Å². The zero-order chi connectivity index (χ0) is 16.2. The molecule has 1 aromatic heterocycles. The third kappa shape index (κ3) is 3.28. The lowest BCUT2D eigenvalue weighted by molar-refractivity contribution is 0.388. The summed E-state index contributed by atoms with van der Waals surface area (Å²) in [6.07, 6.45) is 1.09. The fraction of sp³-hybridized carbons (Fsp3) is 0.250. The quantitative estimate of drug-likeness (QED) is 0.709. The summed E-state index contributed by atoms with van der Waals surface area (Å²) in [7, 11) is 4.20. The zero-order valence-corrected chi connectivity index (χ0v) is 13.7. The number of aryl methyl sites for hydroxylation is 1. The van der Waals surface area contributed by atoms with E-state index >= 15 is 0 Å². The predicted octanol–water partition coefficient (Wildman–Crippen LogP) is 4.13. The van der Waals surface area contributed by atoms with Gasteiger partial charge in [0.15, 0.2) is 0 Å². The Morgan fingerprint density at radius 3 is 2.52 bits per heavy atom. The van der Waals surface area contributed by atoms with Crippen LogP contribution in [0.5, 0.6) is 0 Å². The van der Waals surface area contributed by atoms with E-state index in [-0.39, 0.29) is 0 Å². The smallest absolute Gasteiger partial charge is 0.0991 e. The highest BCUT2D eigenvalue weighted by Gasteiger charge is 2.11. The minimum absolute atomic E-state index is 0.711. The fourth-order valence-corrected chi connectivity index (χ4v) is 2.97. The summed E-state index contributed by atoms with van der Waals surface area (Å²) in [6, 6.07) is 20.8. The highest BCUT2D eigenvalue weighted by atomic mass is 15.1. The van der Waals surface area contributed by atoms with Gasteiger partial charge < -0.3 is 9.47 Å². The van der Waals surface area contributed by atoms with Gasteiger partial charge in [-0.2, -0.15) is 5.26 Å². The van der Waals surface area contributed by atoms with Crippen LogP contribution in [-0.2, 0) is 6.54 Å². The van der Waals surface area contributed by atoms with E-state index in [9.17, 15) is 0 Å². The van der Waals surface area contributed by atoms with Gasteiger partial charge in [0.1, 0.15) is 0 Å². The number of nitriles is 1. The second-order valence-corrected chi connectivity index (χ2v) is 6.09. The van der Waals surface area contributed by atoms with Crippen LogP contribution in [0.15, 0.2) is 54.6 Å². The first-order chi connectivity index (χ1) is 11.2. The van der Waals surface area contributed by atoms with Gasteiger partial charge in [-0.15, -0.1) is 0 Å². The topological polar surface area (TPSA) is 32.0 Å². The lowest BCUT2D eigenvalue weighted by atomic mass is 10.1. The molecule has 23 heavy (non-hydrogen) atoms. The molecule has 0 aliphatic heterocycles. The van der Waals surface area contributed by atoms with Gasteiger partial charge in [-0.3, -0.25) is 0 Å². The molecule has 3 heteroatoms. The van der Waals surface area contributed by atoms with Gasteiger partial charge in [0, 0.05) is 23.1 Å². The first-order valence-electron chi connectivity index (χ1n) is 7.92. The Morgan fingerprint density at radius 2 is 1.83 bits per heavy atom. The van der Waals surface area contributed by atoms with Crippen LogP contribution < -0.4 is 0 Å².